The van der Waals surface area contributed by atoms with E-state index in [9.17, 15) is 14.3 Å². The monoisotopic (exact) mass is 260 g/mol. The summed E-state index contributed by atoms with van der Waals surface area (Å²) in [4.78, 5) is 15.5. The molecule has 0 aliphatic heterocycles. The highest BCUT2D eigenvalue weighted by atomic mass is 19.1. The van der Waals surface area contributed by atoms with Gasteiger partial charge in [-0.25, -0.2) is 4.39 Å². The highest BCUT2D eigenvalue weighted by Gasteiger charge is 2.17. The van der Waals surface area contributed by atoms with E-state index in [4.69, 9.17) is 0 Å². The molecule has 2 rings (SSSR count). The molecule has 1 atom stereocenters. The SMILES string of the molecule is O=C(N[C@H](CO)c1ccccc1)c1ccncc1F. The van der Waals surface area contributed by atoms with Crippen LogP contribution in [0.1, 0.15) is 22.0 Å². The Morgan fingerprint density at radius 2 is 2.05 bits per heavy atom. The van der Waals surface area contributed by atoms with Crippen molar-refractivity contribution in [1.29, 1.82) is 0 Å². The van der Waals surface area contributed by atoms with E-state index < -0.39 is 17.8 Å². The molecule has 2 aromatic rings. The minimum Gasteiger partial charge on any atom is -0.394 e. The third-order valence-corrected chi connectivity index (χ3v) is 2.71. The van der Waals surface area contributed by atoms with Crippen LogP contribution in [0.5, 0.6) is 0 Å². The number of aliphatic hydroxyl groups is 1. The number of nitrogens with zero attached hydrogens (tertiary/aromatic N) is 1. The molecule has 0 fully saturated rings. The van der Waals surface area contributed by atoms with E-state index in [0.29, 0.717) is 0 Å². The Morgan fingerprint density at radius 1 is 1.32 bits per heavy atom. The lowest BCUT2D eigenvalue weighted by Crippen LogP contribution is -2.31. The molecule has 2 N–H and O–H groups in total. The average Bonchev–Trinajstić information content (AvgIpc) is 2.46. The highest BCUT2D eigenvalue weighted by Crippen LogP contribution is 2.13. The minimum absolute atomic E-state index is 0.0932. The molecule has 1 heterocycles. The summed E-state index contributed by atoms with van der Waals surface area (Å²) in [6.07, 6.45) is 2.32. The van der Waals surface area contributed by atoms with E-state index in [1.165, 1.54) is 12.3 Å². The summed E-state index contributed by atoms with van der Waals surface area (Å²) in [5.74, 6) is -1.27. The van der Waals surface area contributed by atoms with E-state index in [1.54, 1.807) is 24.3 Å². The topological polar surface area (TPSA) is 62.2 Å². The summed E-state index contributed by atoms with van der Waals surface area (Å²) < 4.78 is 13.4. The van der Waals surface area contributed by atoms with Crippen molar-refractivity contribution in [3.63, 3.8) is 0 Å². The maximum Gasteiger partial charge on any atom is 0.254 e. The summed E-state index contributed by atoms with van der Waals surface area (Å²) in [5.41, 5.74) is 0.664. The lowest BCUT2D eigenvalue weighted by molar-refractivity contribution is 0.0912. The molecule has 5 heteroatoms. The summed E-state index contributed by atoms with van der Waals surface area (Å²) in [7, 11) is 0. The average molecular weight is 260 g/mol. The lowest BCUT2D eigenvalue weighted by Gasteiger charge is -2.16. The van der Waals surface area contributed by atoms with E-state index in [0.717, 1.165) is 11.8 Å². The molecule has 1 aromatic heterocycles. The second-order valence-corrected chi connectivity index (χ2v) is 3.97. The third-order valence-electron chi connectivity index (χ3n) is 2.71. The minimum atomic E-state index is -0.690. The van der Waals surface area contributed by atoms with Gasteiger partial charge in [-0.05, 0) is 11.6 Å². The normalized spacial score (nSPS) is 11.9. The van der Waals surface area contributed by atoms with E-state index in [2.05, 4.69) is 10.3 Å². The summed E-state index contributed by atoms with van der Waals surface area (Å²) in [5, 5.41) is 11.9. The number of amides is 1. The smallest absolute Gasteiger partial charge is 0.254 e. The number of rotatable bonds is 4. The molecule has 0 unspecified atom stereocenters. The van der Waals surface area contributed by atoms with Crippen molar-refractivity contribution in [1.82, 2.24) is 10.3 Å². The Balaban J connectivity index is 2.16. The van der Waals surface area contributed by atoms with Crippen LogP contribution in [-0.4, -0.2) is 22.6 Å². The molecule has 0 aliphatic rings. The molecule has 19 heavy (non-hydrogen) atoms. The van der Waals surface area contributed by atoms with Crippen LogP contribution in [0.25, 0.3) is 0 Å². The number of pyridine rings is 1. The zero-order chi connectivity index (χ0) is 13.7. The molecule has 98 valence electrons. The summed E-state index contributed by atoms with van der Waals surface area (Å²) >= 11 is 0. The van der Waals surface area contributed by atoms with Crippen molar-refractivity contribution in [3.8, 4) is 0 Å². The van der Waals surface area contributed by atoms with Crippen LogP contribution in [-0.2, 0) is 0 Å². The summed E-state index contributed by atoms with van der Waals surface area (Å²) in [6.45, 7) is -0.261. The van der Waals surface area contributed by atoms with Crippen LogP contribution < -0.4 is 5.32 Å². The van der Waals surface area contributed by atoms with Gasteiger partial charge in [0.2, 0.25) is 0 Å². The van der Waals surface area contributed by atoms with Crippen molar-refractivity contribution in [2.75, 3.05) is 6.61 Å². The van der Waals surface area contributed by atoms with Crippen LogP contribution in [0, 0.1) is 5.82 Å². The third kappa shape index (κ3) is 3.14. The van der Waals surface area contributed by atoms with Gasteiger partial charge < -0.3 is 10.4 Å². The van der Waals surface area contributed by atoms with Gasteiger partial charge in [0.25, 0.3) is 5.91 Å². The van der Waals surface area contributed by atoms with Crippen LogP contribution in [0.3, 0.4) is 0 Å². The van der Waals surface area contributed by atoms with Crippen LogP contribution >= 0.6 is 0 Å². The molecule has 4 nitrogen and oxygen atoms in total. The standard InChI is InChI=1S/C14H13FN2O2/c15-12-8-16-7-6-11(12)14(19)17-13(9-18)10-4-2-1-3-5-10/h1-8,13,18H,9H2,(H,17,19)/t13-/m1/s1. The molecule has 0 spiro atoms. The lowest BCUT2D eigenvalue weighted by atomic mass is 10.1. The fourth-order valence-electron chi connectivity index (χ4n) is 1.72. The van der Waals surface area contributed by atoms with Gasteiger partial charge in [0.1, 0.15) is 0 Å². The molecule has 0 aliphatic carbocycles. The number of nitrogens with one attached hydrogen (secondary N) is 1. The molecule has 0 saturated heterocycles. The van der Waals surface area contributed by atoms with Crippen LogP contribution in [0.4, 0.5) is 4.39 Å². The number of carbonyl (C=O) groups excluding carboxylic acids is 1. The fourth-order valence-corrected chi connectivity index (χ4v) is 1.72. The Kier molecular flexibility index (Phi) is 4.20. The number of aliphatic hydroxyl groups excluding tert-OH is 1. The first-order chi connectivity index (χ1) is 9.22. The fraction of sp³-hybridized carbons (Fsp3) is 0.143. The molecule has 1 aromatic carbocycles. The number of aromatic nitrogens is 1. The molecular weight excluding hydrogens is 247 g/mol. The molecule has 0 radical (unpaired) electrons. The van der Waals surface area contributed by atoms with Crippen molar-refractivity contribution in [2.24, 2.45) is 0 Å². The Morgan fingerprint density at radius 3 is 2.68 bits per heavy atom. The summed E-state index contributed by atoms with van der Waals surface area (Å²) in [6, 6.07) is 9.73. The zero-order valence-corrected chi connectivity index (χ0v) is 10.1. The second kappa shape index (κ2) is 6.06. The first kappa shape index (κ1) is 13.2. The van der Waals surface area contributed by atoms with Gasteiger partial charge in [-0.2, -0.15) is 0 Å². The van der Waals surface area contributed by atoms with E-state index in [1.807, 2.05) is 6.07 Å². The quantitative estimate of drug-likeness (QED) is 0.879. The van der Waals surface area contributed by atoms with Crippen LogP contribution in [0.2, 0.25) is 0 Å². The van der Waals surface area contributed by atoms with Crippen molar-refractivity contribution >= 4 is 5.91 Å². The van der Waals surface area contributed by atoms with Gasteiger partial charge in [0.15, 0.2) is 5.82 Å². The first-order valence-electron chi connectivity index (χ1n) is 5.78. The number of carbonyl (C=O) groups is 1. The number of hydrogen-bond acceptors (Lipinski definition) is 3. The van der Waals surface area contributed by atoms with Gasteiger partial charge in [0, 0.05) is 6.20 Å². The molecule has 0 bridgehead atoms. The Labute approximate surface area is 109 Å². The van der Waals surface area contributed by atoms with Crippen molar-refractivity contribution in [2.45, 2.75) is 6.04 Å². The maximum atomic E-state index is 13.4. The molecule has 1 amide bonds. The molecule has 0 saturated carbocycles. The van der Waals surface area contributed by atoms with Gasteiger partial charge in [-0.15, -0.1) is 0 Å². The van der Waals surface area contributed by atoms with Gasteiger partial charge >= 0.3 is 0 Å². The Hall–Kier alpha value is -2.27. The van der Waals surface area contributed by atoms with Crippen molar-refractivity contribution < 1.29 is 14.3 Å². The van der Waals surface area contributed by atoms with E-state index >= 15 is 0 Å². The zero-order valence-electron chi connectivity index (χ0n) is 10.1. The van der Waals surface area contributed by atoms with Crippen molar-refractivity contribution in [3.05, 3.63) is 65.7 Å². The molecular formula is C14H13FN2O2. The Bertz CT molecular complexity index is 560. The van der Waals surface area contributed by atoms with Gasteiger partial charge in [-0.1, -0.05) is 30.3 Å². The largest absolute Gasteiger partial charge is 0.394 e. The van der Waals surface area contributed by atoms with Gasteiger partial charge in [-0.3, -0.25) is 9.78 Å². The van der Waals surface area contributed by atoms with Crippen LogP contribution in [0.15, 0.2) is 48.8 Å². The second-order valence-electron chi connectivity index (χ2n) is 3.97. The number of hydrogen-bond donors (Lipinski definition) is 2. The predicted molar refractivity (Wildman–Crippen MR) is 67.9 cm³/mol. The first-order valence-corrected chi connectivity index (χ1v) is 5.78. The highest BCUT2D eigenvalue weighted by molar-refractivity contribution is 5.94. The van der Waals surface area contributed by atoms with E-state index in [-0.39, 0.29) is 12.2 Å². The maximum absolute atomic E-state index is 13.4. The van der Waals surface area contributed by atoms with Gasteiger partial charge in [0.05, 0.1) is 24.4 Å². The predicted octanol–water partition coefficient (Wildman–Crippen LogP) is 1.68. The number of benzene rings is 1. The number of halogens is 1.